The van der Waals surface area contributed by atoms with Crippen LogP contribution in [-0.2, 0) is 9.59 Å². The summed E-state index contributed by atoms with van der Waals surface area (Å²) in [6, 6.07) is 16.3. The van der Waals surface area contributed by atoms with Crippen molar-refractivity contribution in [3.05, 3.63) is 76.1 Å². The number of hydrogen-bond acceptors (Lipinski definition) is 6. The van der Waals surface area contributed by atoms with Crippen molar-refractivity contribution in [3.63, 3.8) is 0 Å². The highest BCUT2D eigenvalue weighted by Crippen LogP contribution is 2.38. The Morgan fingerprint density at radius 2 is 1.70 bits per heavy atom. The van der Waals surface area contributed by atoms with E-state index in [-0.39, 0.29) is 11.6 Å². The second kappa shape index (κ2) is 8.04. The molecule has 0 aliphatic carbocycles. The van der Waals surface area contributed by atoms with Crippen molar-refractivity contribution in [2.45, 2.75) is 6.92 Å². The van der Waals surface area contributed by atoms with Crippen LogP contribution in [0, 0.1) is 6.92 Å². The third kappa shape index (κ3) is 3.44. The van der Waals surface area contributed by atoms with Gasteiger partial charge in [-0.25, -0.2) is 4.90 Å². The van der Waals surface area contributed by atoms with E-state index in [1.54, 1.807) is 18.2 Å². The molecule has 0 radical (unpaired) electrons. The number of methoxy groups -OCH3 is 2. The van der Waals surface area contributed by atoms with Crippen LogP contribution in [0.5, 0.6) is 11.5 Å². The van der Waals surface area contributed by atoms with Crippen molar-refractivity contribution in [3.8, 4) is 11.5 Å². The summed E-state index contributed by atoms with van der Waals surface area (Å²) >= 11 is 1.41. The number of nitrogens with one attached hydrogen (secondary N) is 1. The molecule has 0 atom stereocenters. The Kier molecular flexibility index (Phi) is 5.29. The first-order valence-corrected chi connectivity index (χ1v) is 10.1. The standard InChI is InChI=1S/C23H20N2O4S/c1-14-6-4-7-15(12-14)24-21-20(19-8-5-11-30-19)22(26)25(23(21)27)16-9-10-17(28-2)18(13-16)29-3/h4-13,24H,1-3H3. The number of benzene rings is 2. The Hall–Kier alpha value is -3.58. The predicted octanol–water partition coefficient (Wildman–Crippen LogP) is 4.47. The zero-order valence-corrected chi connectivity index (χ0v) is 17.6. The minimum absolute atomic E-state index is 0.253. The van der Waals surface area contributed by atoms with Crippen LogP contribution < -0.4 is 19.7 Å². The highest BCUT2D eigenvalue weighted by atomic mass is 32.1. The zero-order valence-electron chi connectivity index (χ0n) is 16.8. The molecular formula is C23H20N2O4S. The minimum Gasteiger partial charge on any atom is -0.493 e. The predicted molar refractivity (Wildman–Crippen MR) is 118 cm³/mol. The lowest BCUT2D eigenvalue weighted by atomic mass is 10.1. The van der Waals surface area contributed by atoms with Crippen LogP contribution in [0.1, 0.15) is 10.4 Å². The minimum atomic E-state index is -0.419. The van der Waals surface area contributed by atoms with Crippen molar-refractivity contribution in [1.82, 2.24) is 0 Å². The molecular weight excluding hydrogens is 400 g/mol. The van der Waals surface area contributed by atoms with Crippen LogP contribution in [0.4, 0.5) is 11.4 Å². The summed E-state index contributed by atoms with van der Waals surface area (Å²) in [5.74, 6) is 0.153. The summed E-state index contributed by atoms with van der Waals surface area (Å²) in [4.78, 5) is 28.7. The van der Waals surface area contributed by atoms with Crippen molar-refractivity contribution in [2.75, 3.05) is 24.4 Å². The van der Waals surface area contributed by atoms with Gasteiger partial charge in [-0.15, -0.1) is 11.3 Å². The van der Waals surface area contributed by atoms with Gasteiger partial charge in [0.15, 0.2) is 11.5 Å². The Morgan fingerprint density at radius 1 is 0.900 bits per heavy atom. The van der Waals surface area contributed by atoms with Crippen molar-refractivity contribution >= 4 is 40.1 Å². The fourth-order valence-electron chi connectivity index (χ4n) is 3.36. The molecule has 3 aromatic rings. The van der Waals surface area contributed by atoms with Gasteiger partial charge in [-0.1, -0.05) is 18.2 Å². The highest BCUT2D eigenvalue weighted by molar-refractivity contribution is 7.11. The van der Waals surface area contributed by atoms with Gasteiger partial charge in [0.2, 0.25) is 0 Å². The van der Waals surface area contributed by atoms with Gasteiger partial charge in [0.1, 0.15) is 5.70 Å². The van der Waals surface area contributed by atoms with Gasteiger partial charge >= 0.3 is 0 Å². The van der Waals surface area contributed by atoms with Crippen molar-refractivity contribution in [2.24, 2.45) is 0 Å². The van der Waals surface area contributed by atoms with E-state index in [0.29, 0.717) is 22.8 Å². The molecule has 0 spiro atoms. The zero-order chi connectivity index (χ0) is 21.3. The number of aryl methyl sites for hydroxylation is 1. The lowest BCUT2D eigenvalue weighted by Crippen LogP contribution is -2.32. The summed E-state index contributed by atoms with van der Waals surface area (Å²) in [6.07, 6.45) is 0. The summed E-state index contributed by atoms with van der Waals surface area (Å²) in [5.41, 5.74) is 2.81. The monoisotopic (exact) mass is 420 g/mol. The van der Waals surface area contributed by atoms with E-state index in [1.165, 1.54) is 25.6 Å². The second-order valence-corrected chi connectivity index (χ2v) is 7.65. The number of carbonyl (C=O) groups is 2. The quantitative estimate of drug-likeness (QED) is 0.596. The van der Waals surface area contributed by atoms with Crippen LogP contribution in [-0.4, -0.2) is 26.0 Å². The Balaban J connectivity index is 1.79. The lowest BCUT2D eigenvalue weighted by molar-refractivity contribution is -0.120. The molecule has 1 aromatic heterocycles. The fraction of sp³-hybridized carbons (Fsp3) is 0.130. The van der Waals surface area contributed by atoms with E-state index < -0.39 is 5.91 Å². The van der Waals surface area contributed by atoms with Crippen LogP contribution in [0.15, 0.2) is 65.7 Å². The van der Waals surface area contributed by atoms with Gasteiger partial charge in [0.25, 0.3) is 11.8 Å². The average Bonchev–Trinajstić information content (AvgIpc) is 3.34. The molecule has 2 heterocycles. The molecule has 0 saturated carbocycles. The van der Waals surface area contributed by atoms with Crippen molar-refractivity contribution in [1.29, 1.82) is 0 Å². The molecule has 1 aliphatic heterocycles. The molecule has 0 saturated heterocycles. The lowest BCUT2D eigenvalue weighted by Gasteiger charge is -2.17. The summed E-state index contributed by atoms with van der Waals surface area (Å²) in [5, 5.41) is 5.05. The smallest absolute Gasteiger partial charge is 0.282 e. The van der Waals surface area contributed by atoms with E-state index >= 15 is 0 Å². The molecule has 0 unspecified atom stereocenters. The molecule has 2 amide bonds. The van der Waals surface area contributed by atoms with Crippen LogP contribution in [0.2, 0.25) is 0 Å². The molecule has 2 aromatic carbocycles. The number of imide groups is 1. The molecule has 152 valence electrons. The first-order chi connectivity index (χ1) is 14.5. The van der Waals surface area contributed by atoms with E-state index in [2.05, 4.69) is 5.32 Å². The third-order valence-corrected chi connectivity index (χ3v) is 5.65. The Bertz CT molecular complexity index is 1150. The number of thiophene rings is 1. The molecule has 4 rings (SSSR count). The summed E-state index contributed by atoms with van der Waals surface area (Å²) < 4.78 is 10.6. The average molecular weight is 420 g/mol. The van der Waals surface area contributed by atoms with E-state index in [9.17, 15) is 9.59 Å². The van der Waals surface area contributed by atoms with Gasteiger partial charge in [-0.3, -0.25) is 9.59 Å². The largest absolute Gasteiger partial charge is 0.493 e. The van der Waals surface area contributed by atoms with E-state index in [1.807, 2.05) is 48.7 Å². The van der Waals surface area contributed by atoms with Gasteiger partial charge in [0.05, 0.1) is 25.5 Å². The molecule has 0 bridgehead atoms. The maximum absolute atomic E-state index is 13.4. The molecule has 7 heteroatoms. The van der Waals surface area contributed by atoms with E-state index in [4.69, 9.17) is 9.47 Å². The number of rotatable bonds is 6. The number of ether oxygens (including phenoxy) is 2. The first-order valence-electron chi connectivity index (χ1n) is 9.26. The SMILES string of the molecule is COc1ccc(N2C(=O)C(Nc3cccc(C)c3)=C(c3cccs3)C2=O)cc1OC. The number of hydrogen-bond donors (Lipinski definition) is 1. The molecule has 0 fully saturated rings. The maximum Gasteiger partial charge on any atom is 0.282 e. The maximum atomic E-state index is 13.4. The van der Waals surface area contributed by atoms with Gasteiger partial charge in [0, 0.05) is 16.6 Å². The molecule has 6 nitrogen and oxygen atoms in total. The normalized spacial score (nSPS) is 13.8. The number of anilines is 2. The van der Waals surface area contributed by atoms with Gasteiger partial charge in [-0.2, -0.15) is 0 Å². The first kappa shape index (κ1) is 19.7. The van der Waals surface area contributed by atoms with Crippen LogP contribution >= 0.6 is 11.3 Å². The second-order valence-electron chi connectivity index (χ2n) is 6.71. The Labute approximate surface area is 178 Å². The number of amides is 2. The number of carbonyl (C=O) groups excluding carboxylic acids is 2. The Morgan fingerprint density at radius 3 is 2.37 bits per heavy atom. The van der Waals surface area contributed by atoms with Crippen LogP contribution in [0.25, 0.3) is 5.57 Å². The summed E-state index contributed by atoms with van der Waals surface area (Å²) in [6.45, 7) is 1.97. The number of nitrogens with zero attached hydrogens (tertiary/aromatic N) is 1. The topological polar surface area (TPSA) is 67.9 Å². The fourth-order valence-corrected chi connectivity index (χ4v) is 4.13. The molecule has 30 heavy (non-hydrogen) atoms. The van der Waals surface area contributed by atoms with Gasteiger partial charge in [-0.05, 0) is 48.2 Å². The van der Waals surface area contributed by atoms with Crippen molar-refractivity contribution < 1.29 is 19.1 Å². The highest BCUT2D eigenvalue weighted by Gasteiger charge is 2.41. The van der Waals surface area contributed by atoms with Gasteiger partial charge < -0.3 is 14.8 Å². The molecule has 1 aliphatic rings. The van der Waals surface area contributed by atoms with Crippen LogP contribution in [0.3, 0.4) is 0 Å². The molecule has 1 N–H and O–H groups in total. The summed E-state index contributed by atoms with van der Waals surface area (Å²) in [7, 11) is 3.04. The van der Waals surface area contributed by atoms with E-state index in [0.717, 1.165) is 21.0 Å². The third-order valence-electron chi connectivity index (χ3n) is 4.76.